The van der Waals surface area contributed by atoms with Crippen molar-refractivity contribution in [2.75, 3.05) is 0 Å². The quantitative estimate of drug-likeness (QED) is 0.676. The number of hydrogen-bond donors (Lipinski definition) is 0. The van der Waals surface area contributed by atoms with Gasteiger partial charge in [0.25, 0.3) is 0 Å². The number of Topliss-reactive ketones (excluding diaryl/α,β-unsaturated/α-hetero) is 1. The summed E-state index contributed by atoms with van der Waals surface area (Å²) in [6.45, 7) is 6.61. The zero-order valence-electron chi connectivity index (χ0n) is 12.5. The molecular formula is C18H26O. The SMILES string of the molecule is CCC1(C(=O)c2ccc(CC(C)C)cc2)CCCC1. The van der Waals surface area contributed by atoms with Crippen molar-refractivity contribution in [1.82, 2.24) is 0 Å². The average Bonchev–Trinajstić information content (AvgIpc) is 2.88. The summed E-state index contributed by atoms with van der Waals surface area (Å²) in [5.41, 5.74) is 2.19. The van der Waals surface area contributed by atoms with Crippen LogP contribution in [0.15, 0.2) is 24.3 Å². The van der Waals surface area contributed by atoms with E-state index in [1.54, 1.807) is 0 Å². The summed E-state index contributed by atoms with van der Waals surface area (Å²) in [4.78, 5) is 12.7. The molecule has 1 aromatic carbocycles. The molecule has 0 aliphatic heterocycles. The molecule has 1 aliphatic rings. The molecule has 0 amide bonds. The molecular weight excluding hydrogens is 232 g/mol. The monoisotopic (exact) mass is 258 g/mol. The molecule has 0 heterocycles. The molecule has 0 aromatic heterocycles. The van der Waals surface area contributed by atoms with Crippen molar-refractivity contribution in [3.8, 4) is 0 Å². The predicted molar refractivity (Wildman–Crippen MR) is 80.5 cm³/mol. The van der Waals surface area contributed by atoms with E-state index in [2.05, 4.69) is 32.9 Å². The van der Waals surface area contributed by atoms with Crippen LogP contribution in [0.4, 0.5) is 0 Å². The molecule has 0 N–H and O–H groups in total. The van der Waals surface area contributed by atoms with Crippen LogP contribution in [0, 0.1) is 11.3 Å². The fraction of sp³-hybridized carbons (Fsp3) is 0.611. The Balaban J connectivity index is 2.15. The van der Waals surface area contributed by atoms with Crippen LogP contribution in [-0.4, -0.2) is 5.78 Å². The van der Waals surface area contributed by atoms with Crippen LogP contribution in [0.25, 0.3) is 0 Å². The van der Waals surface area contributed by atoms with E-state index < -0.39 is 0 Å². The maximum absolute atomic E-state index is 12.7. The zero-order valence-corrected chi connectivity index (χ0v) is 12.5. The zero-order chi connectivity index (χ0) is 13.9. The summed E-state index contributed by atoms with van der Waals surface area (Å²) in [6.07, 6.45) is 6.66. The van der Waals surface area contributed by atoms with E-state index in [1.165, 1.54) is 18.4 Å². The lowest BCUT2D eigenvalue weighted by Crippen LogP contribution is -2.27. The van der Waals surface area contributed by atoms with Gasteiger partial charge in [0.05, 0.1) is 0 Å². The number of rotatable bonds is 5. The van der Waals surface area contributed by atoms with E-state index >= 15 is 0 Å². The third kappa shape index (κ3) is 3.08. The number of carbonyl (C=O) groups is 1. The smallest absolute Gasteiger partial charge is 0.168 e. The topological polar surface area (TPSA) is 17.1 Å². The van der Waals surface area contributed by atoms with Gasteiger partial charge in [-0.3, -0.25) is 4.79 Å². The molecule has 1 saturated carbocycles. The van der Waals surface area contributed by atoms with Gasteiger partial charge in [-0.1, -0.05) is 57.9 Å². The highest BCUT2D eigenvalue weighted by molar-refractivity contribution is 6.00. The molecule has 1 heteroatoms. The van der Waals surface area contributed by atoms with Gasteiger partial charge in [-0.15, -0.1) is 0 Å². The lowest BCUT2D eigenvalue weighted by molar-refractivity contribution is 0.0791. The number of carbonyl (C=O) groups excluding carboxylic acids is 1. The standard InChI is InChI=1S/C18H26O/c1-4-18(11-5-6-12-18)17(19)16-9-7-15(8-10-16)13-14(2)3/h7-10,14H,4-6,11-13H2,1-3H3. The van der Waals surface area contributed by atoms with E-state index in [4.69, 9.17) is 0 Å². The van der Waals surface area contributed by atoms with Crippen molar-refractivity contribution < 1.29 is 4.79 Å². The van der Waals surface area contributed by atoms with E-state index in [9.17, 15) is 4.79 Å². The molecule has 0 saturated heterocycles. The van der Waals surface area contributed by atoms with Gasteiger partial charge in [-0.25, -0.2) is 0 Å². The van der Waals surface area contributed by atoms with Gasteiger partial charge in [0.2, 0.25) is 0 Å². The van der Waals surface area contributed by atoms with E-state index in [0.717, 1.165) is 31.2 Å². The first-order valence-electron chi connectivity index (χ1n) is 7.71. The number of hydrogen-bond acceptors (Lipinski definition) is 1. The van der Waals surface area contributed by atoms with E-state index in [1.807, 2.05) is 12.1 Å². The second-order valence-corrected chi connectivity index (χ2v) is 6.47. The number of benzene rings is 1. The Morgan fingerprint density at radius 2 is 1.74 bits per heavy atom. The third-order valence-corrected chi connectivity index (χ3v) is 4.58. The fourth-order valence-corrected chi connectivity index (χ4v) is 3.36. The second-order valence-electron chi connectivity index (χ2n) is 6.47. The van der Waals surface area contributed by atoms with E-state index in [-0.39, 0.29) is 5.41 Å². The minimum atomic E-state index is -0.0560. The van der Waals surface area contributed by atoms with Crippen molar-refractivity contribution >= 4 is 5.78 Å². The lowest BCUT2D eigenvalue weighted by atomic mass is 9.76. The van der Waals surface area contributed by atoms with Gasteiger partial charge in [0.15, 0.2) is 5.78 Å². The molecule has 1 nitrogen and oxygen atoms in total. The first-order chi connectivity index (χ1) is 9.07. The molecule has 0 unspecified atom stereocenters. The van der Waals surface area contributed by atoms with Crippen LogP contribution in [0.5, 0.6) is 0 Å². The van der Waals surface area contributed by atoms with Gasteiger partial charge in [-0.2, -0.15) is 0 Å². The van der Waals surface area contributed by atoms with Crippen molar-refractivity contribution in [3.63, 3.8) is 0 Å². The van der Waals surface area contributed by atoms with Crippen molar-refractivity contribution in [3.05, 3.63) is 35.4 Å². The highest BCUT2D eigenvalue weighted by Crippen LogP contribution is 2.43. The molecule has 1 aliphatic carbocycles. The second kappa shape index (κ2) is 5.90. The van der Waals surface area contributed by atoms with Crippen LogP contribution >= 0.6 is 0 Å². The van der Waals surface area contributed by atoms with E-state index in [0.29, 0.717) is 11.7 Å². The lowest BCUT2D eigenvalue weighted by Gasteiger charge is -2.25. The van der Waals surface area contributed by atoms with Crippen LogP contribution in [0.1, 0.15) is 68.8 Å². The third-order valence-electron chi connectivity index (χ3n) is 4.58. The van der Waals surface area contributed by atoms with Crippen LogP contribution in [0.2, 0.25) is 0 Å². The van der Waals surface area contributed by atoms with Crippen LogP contribution in [-0.2, 0) is 6.42 Å². The summed E-state index contributed by atoms with van der Waals surface area (Å²) < 4.78 is 0. The molecule has 1 fully saturated rings. The molecule has 19 heavy (non-hydrogen) atoms. The molecule has 2 rings (SSSR count). The minimum Gasteiger partial charge on any atom is -0.294 e. The van der Waals surface area contributed by atoms with Gasteiger partial charge < -0.3 is 0 Å². The molecule has 0 radical (unpaired) electrons. The normalized spacial score (nSPS) is 17.9. The van der Waals surface area contributed by atoms with Gasteiger partial charge in [-0.05, 0) is 37.2 Å². The molecule has 0 spiro atoms. The van der Waals surface area contributed by atoms with Crippen molar-refractivity contribution in [2.24, 2.45) is 11.3 Å². The minimum absolute atomic E-state index is 0.0560. The molecule has 1 aromatic rings. The Kier molecular flexibility index (Phi) is 4.44. The summed E-state index contributed by atoms with van der Waals surface area (Å²) in [7, 11) is 0. The Labute approximate surface area is 117 Å². The number of ketones is 1. The average molecular weight is 258 g/mol. The first kappa shape index (κ1) is 14.3. The summed E-state index contributed by atoms with van der Waals surface area (Å²) >= 11 is 0. The highest BCUT2D eigenvalue weighted by atomic mass is 16.1. The van der Waals surface area contributed by atoms with Gasteiger partial charge in [0, 0.05) is 11.0 Å². The maximum atomic E-state index is 12.7. The van der Waals surface area contributed by atoms with Crippen molar-refractivity contribution in [1.29, 1.82) is 0 Å². The van der Waals surface area contributed by atoms with Crippen molar-refractivity contribution in [2.45, 2.75) is 59.3 Å². The Hall–Kier alpha value is -1.11. The Bertz CT molecular complexity index is 422. The van der Waals surface area contributed by atoms with Gasteiger partial charge >= 0.3 is 0 Å². The highest BCUT2D eigenvalue weighted by Gasteiger charge is 2.39. The summed E-state index contributed by atoms with van der Waals surface area (Å²) in [6, 6.07) is 8.34. The Morgan fingerprint density at radius 3 is 2.21 bits per heavy atom. The molecule has 0 bridgehead atoms. The predicted octanol–water partition coefficient (Wildman–Crippen LogP) is 5.04. The van der Waals surface area contributed by atoms with Crippen LogP contribution < -0.4 is 0 Å². The molecule has 104 valence electrons. The first-order valence-corrected chi connectivity index (χ1v) is 7.71. The summed E-state index contributed by atoms with van der Waals surface area (Å²) in [5, 5.41) is 0. The maximum Gasteiger partial charge on any atom is 0.168 e. The summed E-state index contributed by atoms with van der Waals surface area (Å²) in [5.74, 6) is 1.04. The van der Waals surface area contributed by atoms with Gasteiger partial charge in [0.1, 0.15) is 0 Å². The van der Waals surface area contributed by atoms with Crippen LogP contribution in [0.3, 0.4) is 0 Å². The molecule has 0 atom stereocenters. The fourth-order valence-electron chi connectivity index (χ4n) is 3.36. The largest absolute Gasteiger partial charge is 0.294 e. The Morgan fingerprint density at radius 1 is 1.16 bits per heavy atom.